The number of anilines is 2. The summed E-state index contributed by atoms with van der Waals surface area (Å²) in [7, 11) is 1.50. The first kappa shape index (κ1) is 13.8. The molecule has 2 heterocycles. The molecule has 0 aromatic carbocycles. The average molecular weight is 263 g/mol. The second-order valence-corrected chi connectivity index (χ2v) is 4.79. The standard InChI is InChI=1S/C14H21N3O2/c1-19-11-14(18)16-12-6-7-13(15-10-12)17-8-4-2-3-5-9-17/h6-7,10H,2-5,8-9,11H2,1H3,(H,16,18). The van der Waals surface area contributed by atoms with Gasteiger partial charge in [-0.15, -0.1) is 0 Å². The van der Waals surface area contributed by atoms with E-state index in [1.54, 1.807) is 6.20 Å². The summed E-state index contributed by atoms with van der Waals surface area (Å²) in [6.07, 6.45) is 6.78. The van der Waals surface area contributed by atoms with Crippen LogP contribution in [0.3, 0.4) is 0 Å². The number of carbonyl (C=O) groups is 1. The van der Waals surface area contributed by atoms with Crippen LogP contribution in [0.2, 0.25) is 0 Å². The second-order valence-electron chi connectivity index (χ2n) is 4.79. The number of aromatic nitrogens is 1. The quantitative estimate of drug-likeness (QED) is 0.903. The molecular formula is C14H21N3O2. The zero-order valence-corrected chi connectivity index (χ0v) is 11.4. The topological polar surface area (TPSA) is 54.5 Å². The largest absolute Gasteiger partial charge is 0.375 e. The van der Waals surface area contributed by atoms with Crippen molar-refractivity contribution in [2.24, 2.45) is 0 Å². The summed E-state index contributed by atoms with van der Waals surface area (Å²) in [6, 6.07) is 3.86. The lowest BCUT2D eigenvalue weighted by atomic mass is 10.2. The van der Waals surface area contributed by atoms with Crippen LogP contribution < -0.4 is 10.2 Å². The molecule has 0 saturated carbocycles. The highest BCUT2D eigenvalue weighted by Crippen LogP contribution is 2.18. The molecule has 1 aliphatic heterocycles. The van der Waals surface area contributed by atoms with E-state index in [9.17, 15) is 4.79 Å². The van der Waals surface area contributed by atoms with E-state index in [0.717, 1.165) is 18.9 Å². The maximum absolute atomic E-state index is 11.4. The van der Waals surface area contributed by atoms with Crippen LogP contribution in [0, 0.1) is 0 Å². The van der Waals surface area contributed by atoms with Crippen LogP contribution >= 0.6 is 0 Å². The molecule has 1 aromatic heterocycles. The van der Waals surface area contributed by atoms with E-state index in [1.807, 2.05) is 12.1 Å². The molecular weight excluding hydrogens is 242 g/mol. The minimum absolute atomic E-state index is 0.0634. The predicted molar refractivity (Wildman–Crippen MR) is 75.4 cm³/mol. The average Bonchev–Trinajstić information content (AvgIpc) is 2.69. The molecule has 5 nitrogen and oxygen atoms in total. The molecule has 1 fully saturated rings. The zero-order valence-electron chi connectivity index (χ0n) is 11.4. The fourth-order valence-corrected chi connectivity index (χ4v) is 2.28. The molecule has 5 heteroatoms. The van der Waals surface area contributed by atoms with Crippen LogP contribution in [0.25, 0.3) is 0 Å². The molecule has 0 bridgehead atoms. The molecule has 2 rings (SSSR count). The van der Waals surface area contributed by atoms with E-state index in [1.165, 1.54) is 32.8 Å². The van der Waals surface area contributed by atoms with Gasteiger partial charge in [-0.1, -0.05) is 12.8 Å². The molecule has 0 atom stereocenters. The van der Waals surface area contributed by atoms with Crippen LogP contribution in [-0.4, -0.2) is 37.7 Å². The molecule has 19 heavy (non-hydrogen) atoms. The van der Waals surface area contributed by atoms with Crippen molar-refractivity contribution < 1.29 is 9.53 Å². The smallest absolute Gasteiger partial charge is 0.250 e. The van der Waals surface area contributed by atoms with Gasteiger partial charge < -0.3 is 15.0 Å². The van der Waals surface area contributed by atoms with Gasteiger partial charge in [0.1, 0.15) is 12.4 Å². The van der Waals surface area contributed by atoms with E-state index >= 15 is 0 Å². The maximum atomic E-state index is 11.4. The lowest BCUT2D eigenvalue weighted by molar-refractivity contribution is -0.119. The number of hydrogen-bond donors (Lipinski definition) is 1. The van der Waals surface area contributed by atoms with Crippen LogP contribution in [0.4, 0.5) is 11.5 Å². The number of rotatable bonds is 4. The number of nitrogens with zero attached hydrogens (tertiary/aromatic N) is 2. The van der Waals surface area contributed by atoms with Crippen LogP contribution in [0.1, 0.15) is 25.7 Å². The predicted octanol–water partition coefficient (Wildman–Crippen LogP) is 2.05. The highest BCUT2D eigenvalue weighted by atomic mass is 16.5. The van der Waals surface area contributed by atoms with Gasteiger partial charge >= 0.3 is 0 Å². The lowest BCUT2D eigenvalue weighted by Crippen LogP contribution is -2.25. The molecule has 1 aromatic rings. The number of carbonyl (C=O) groups excluding carboxylic acids is 1. The number of nitrogens with one attached hydrogen (secondary N) is 1. The molecule has 0 radical (unpaired) electrons. The number of methoxy groups -OCH3 is 1. The summed E-state index contributed by atoms with van der Waals surface area (Å²) >= 11 is 0. The summed E-state index contributed by atoms with van der Waals surface area (Å²) in [5.74, 6) is 0.832. The molecule has 1 saturated heterocycles. The highest BCUT2D eigenvalue weighted by Gasteiger charge is 2.11. The summed E-state index contributed by atoms with van der Waals surface area (Å²) in [5.41, 5.74) is 0.709. The van der Waals surface area contributed by atoms with Crippen molar-refractivity contribution in [3.63, 3.8) is 0 Å². The van der Waals surface area contributed by atoms with Crippen molar-refractivity contribution in [2.75, 3.05) is 37.0 Å². The Morgan fingerprint density at radius 3 is 2.63 bits per heavy atom. The van der Waals surface area contributed by atoms with Crippen molar-refractivity contribution in [3.05, 3.63) is 18.3 Å². The van der Waals surface area contributed by atoms with Gasteiger partial charge in [-0.3, -0.25) is 4.79 Å². The third-order valence-electron chi connectivity index (χ3n) is 3.24. The Labute approximate surface area is 114 Å². The Morgan fingerprint density at radius 1 is 1.32 bits per heavy atom. The third kappa shape index (κ3) is 4.21. The van der Waals surface area contributed by atoms with Gasteiger partial charge in [-0.2, -0.15) is 0 Å². The Balaban J connectivity index is 1.95. The highest BCUT2D eigenvalue weighted by molar-refractivity contribution is 5.91. The molecule has 1 aliphatic rings. The van der Waals surface area contributed by atoms with Gasteiger partial charge in [-0.25, -0.2) is 4.98 Å². The monoisotopic (exact) mass is 263 g/mol. The molecule has 0 unspecified atom stereocenters. The minimum atomic E-state index is -0.160. The van der Waals surface area contributed by atoms with Crippen LogP contribution in [0.5, 0.6) is 0 Å². The first-order chi connectivity index (χ1) is 9.29. The normalized spacial score (nSPS) is 15.9. The molecule has 0 spiro atoms. The Kier molecular flexibility index (Phi) is 5.15. The van der Waals surface area contributed by atoms with Crippen molar-refractivity contribution in [1.29, 1.82) is 0 Å². The van der Waals surface area contributed by atoms with Crippen molar-refractivity contribution >= 4 is 17.4 Å². The van der Waals surface area contributed by atoms with Crippen LogP contribution in [-0.2, 0) is 9.53 Å². The SMILES string of the molecule is COCC(=O)Nc1ccc(N2CCCCCC2)nc1. The molecule has 104 valence electrons. The zero-order chi connectivity index (χ0) is 13.5. The van der Waals surface area contributed by atoms with Gasteiger partial charge in [0.15, 0.2) is 0 Å². The number of ether oxygens (including phenoxy) is 1. The minimum Gasteiger partial charge on any atom is -0.375 e. The van der Waals surface area contributed by atoms with Crippen molar-refractivity contribution in [2.45, 2.75) is 25.7 Å². The van der Waals surface area contributed by atoms with E-state index in [-0.39, 0.29) is 12.5 Å². The molecule has 1 amide bonds. The van der Waals surface area contributed by atoms with E-state index in [2.05, 4.69) is 15.2 Å². The fourth-order valence-electron chi connectivity index (χ4n) is 2.28. The van der Waals surface area contributed by atoms with Crippen LogP contribution in [0.15, 0.2) is 18.3 Å². The van der Waals surface area contributed by atoms with E-state index in [0.29, 0.717) is 5.69 Å². The van der Waals surface area contributed by atoms with Gasteiger partial charge in [0.25, 0.3) is 0 Å². The third-order valence-corrected chi connectivity index (χ3v) is 3.24. The Morgan fingerprint density at radius 2 is 2.05 bits per heavy atom. The summed E-state index contributed by atoms with van der Waals surface area (Å²) in [5, 5.41) is 2.74. The van der Waals surface area contributed by atoms with Gasteiger partial charge in [0, 0.05) is 20.2 Å². The number of pyridine rings is 1. The lowest BCUT2D eigenvalue weighted by Gasteiger charge is -2.21. The Hall–Kier alpha value is -1.62. The van der Waals surface area contributed by atoms with E-state index in [4.69, 9.17) is 4.74 Å². The summed E-state index contributed by atoms with van der Waals surface area (Å²) < 4.78 is 4.77. The van der Waals surface area contributed by atoms with Crippen molar-refractivity contribution in [3.8, 4) is 0 Å². The van der Waals surface area contributed by atoms with Crippen molar-refractivity contribution in [1.82, 2.24) is 4.98 Å². The molecule has 0 aliphatic carbocycles. The summed E-state index contributed by atoms with van der Waals surface area (Å²) in [4.78, 5) is 18.1. The Bertz CT molecular complexity index is 398. The number of amides is 1. The molecule has 1 N–H and O–H groups in total. The number of hydrogen-bond acceptors (Lipinski definition) is 4. The van der Waals surface area contributed by atoms with Gasteiger partial charge in [0.05, 0.1) is 11.9 Å². The van der Waals surface area contributed by atoms with E-state index < -0.39 is 0 Å². The second kappa shape index (κ2) is 7.09. The first-order valence-electron chi connectivity index (χ1n) is 6.79. The first-order valence-corrected chi connectivity index (χ1v) is 6.79. The van der Waals surface area contributed by atoms with Gasteiger partial charge in [-0.05, 0) is 25.0 Å². The maximum Gasteiger partial charge on any atom is 0.250 e. The summed E-state index contributed by atoms with van der Waals surface area (Å²) in [6.45, 7) is 2.21. The fraction of sp³-hybridized carbons (Fsp3) is 0.571. The van der Waals surface area contributed by atoms with Gasteiger partial charge in [0.2, 0.25) is 5.91 Å².